The van der Waals surface area contributed by atoms with Crippen LogP contribution < -0.4 is 15.2 Å². The van der Waals surface area contributed by atoms with Gasteiger partial charge in [0.1, 0.15) is 13.2 Å². The molecule has 4 heteroatoms. The van der Waals surface area contributed by atoms with Crippen molar-refractivity contribution >= 4 is 12.4 Å². The van der Waals surface area contributed by atoms with Crippen molar-refractivity contribution < 1.29 is 9.47 Å². The number of hydrogen-bond acceptors (Lipinski definition) is 3. The minimum atomic E-state index is 0. The molecule has 0 unspecified atom stereocenters. The van der Waals surface area contributed by atoms with Crippen LogP contribution in [0.1, 0.15) is 38.3 Å². The van der Waals surface area contributed by atoms with Crippen molar-refractivity contribution in [2.45, 2.75) is 32.7 Å². The van der Waals surface area contributed by atoms with Crippen LogP contribution in [0.5, 0.6) is 11.5 Å². The highest BCUT2D eigenvalue weighted by Crippen LogP contribution is 2.37. The fourth-order valence-electron chi connectivity index (χ4n) is 2.06. The molecule has 0 saturated heterocycles. The van der Waals surface area contributed by atoms with E-state index >= 15 is 0 Å². The van der Waals surface area contributed by atoms with Gasteiger partial charge in [-0.05, 0) is 24.8 Å². The fraction of sp³-hybridized carbons (Fsp3) is 0.571. The number of hydrogen-bond donors (Lipinski definition) is 1. The lowest BCUT2D eigenvalue weighted by molar-refractivity contribution is 0.169. The molecule has 0 saturated carbocycles. The summed E-state index contributed by atoms with van der Waals surface area (Å²) in [4.78, 5) is 0. The van der Waals surface area contributed by atoms with E-state index in [-0.39, 0.29) is 18.4 Å². The van der Waals surface area contributed by atoms with E-state index in [9.17, 15) is 0 Å². The van der Waals surface area contributed by atoms with Crippen molar-refractivity contribution in [3.05, 3.63) is 23.8 Å². The molecule has 1 aromatic rings. The van der Waals surface area contributed by atoms with Crippen molar-refractivity contribution in [1.82, 2.24) is 0 Å². The molecule has 0 aliphatic carbocycles. The zero-order valence-corrected chi connectivity index (χ0v) is 11.8. The van der Waals surface area contributed by atoms with E-state index in [0.717, 1.165) is 29.9 Å². The lowest BCUT2D eigenvalue weighted by Crippen LogP contribution is -2.19. The summed E-state index contributed by atoms with van der Waals surface area (Å²) in [5.74, 6) is 2.35. The first-order valence-electron chi connectivity index (χ1n) is 6.32. The van der Waals surface area contributed by atoms with E-state index in [2.05, 4.69) is 13.8 Å². The van der Waals surface area contributed by atoms with Crippen LogP contribution in [0.2, 0.25) is 0 Å². The Balaban J connectivity index is 0.00000162. The second-order valence-electron chi connectivity index (χ2n) is 4.95. The SMILES string of the molecule is CC(C)CC[C@@H](N)c1cccc2c1OCCO2.Cl. The smallest absolute Gasteiger partial charge is 0.166 e. The first-order valence-corrected chi connectivity index (χ1v) is 6.32. The number of fused-ring (bicyclic) bond motifs is 1. The van der Waals surface area contributed by atoms with Gasteiger partial charge in [0.25, 0.3) is 0 Å². The van der Waals surface area contributed by atoms with Crippen LogP contribution in [0.15, 0.2) is 18.2 Å². The summed E-state index contributed by atoms with van der Waals surface area (Å²) in [7, 11) is 0. The molecule has 1 heterocycles. The maximum absolute atomic E-state index is 6.23. The molecule has 1 atom stereocenters. The predicted molar refractivity (Wildman–Crippen MR) is 75.7 cm³/mol. The first-order chi connectivity index (χ1) is 8.18. The van der Waals surface area contributed by atoms with Gasteiger partial charge in [-0.3, -0.25) is 0 Å². The highest BCUT2D eigenvalue weighted by Gasteiger charge is 2.19. The third kappa shape index (κ3) is 3.53. The van der Waals surface area contributed by atoms with Crippen molar-refractivity contribution in [2.75, 3.05) is 13.2 Å². The lowest BCUT2D eigenvalue weighted by atomic mass is 9.97. The molecule has 1 aromatic carbocycles. The average molecular weight is 272 g/mol. The fourth-order valence-corrected chi connectivity index (χ4v) is 2.06. The quantitative estimate of drug-likeness (QED) is 0.914. The molecule has 0 aromatic heterocycles. The topological polar surface area (TPSA) is 44.5 Å². The molecule has 18 heavy (non-hydrogen) atoms. The monoisotopic (exact) mass is 271 g/mol. The molecule has 1 aliphatic rings. The molecule has 0 fully saturated rings. The molecular formula is C14H22ClNO2. The second-order valence-corrected chi connectivity index (χ2v) is 4.95. The highest BCUT2D eigenvalue weighted by atomic mass is 35.5. The zero-order chi connectivity index (χ0) is 12.3. The first kappa shape index (κ1) is 15.1. The van der Waals surface area contributed by atoms with Crippen molar-refractivity contribution in [1.29, 1.82) is 0 Å². The Morgan fingerprint density at radius 3 is 2.61 bits per heavy atom. The summed E-state index contributed by atoms with van der Waals surface area (Å²) < 4.78 is 11.2. The Labute approximate surface area is 115 Å². The molecule has 3 nitrogen and oxygen atoms in total. The van der Waals surface area contributed by atoms with Crippen molar-refractivity contribution in [3.8, 4) is 11.5 Å². The molecule has 0 spiro atoms. The van der Waals surface area contributed by atoms with Gasteiger partial charge in [0, 0.05) is 11.6 Å². The van der Waals surface area contributed by atoms with Crippen LogP contribution in [0, 0.1) is 5.92 Å². The Bertz CT molecular complexity index is 382. The van der Waals surface area contributed by atoms with E-state index in [4.69, 9.17) is 15.2 Å². The summed E-state index contributed by atoms with van der Waals surface area (Å²) >= 11 is 0. The standard InChI is InChI=1S/C14H21NO2.ClH/c1-10(2)6-7-12(15)11-4-3-5-13-14(11)17-9-8-16-13;/h3-5,10,12H,6-9,15H2,1-2H3;1H/t12-;/m1./s1. The third-order valence-corrected chi connectivity index (χ3v) is 3.05. The average Bonchev–Trinajstić information content (AvgIpc) is 2.35. The molecule has 0 radical (unpaired) electrons. The van der Waals surface area contributed by atoms with E-state index in [0.29, 0.717) is 19.1 Å². The molecule has 0 amide bonds. The number of nitrogens with two attached hydrogens (primary N) is 1. The van der Waals surface area contributed by atoms with Gasteiger partial charge in [-0.1, -0.05) is 26.0 Å². The largest absolute Gasteiger partial charge is 0.486 e. The number of halogens is 1. The number of ether oxygens (including phenoxy) is 2. The van der Waals surface area contributed by atoms with Crippen LogP contribution in [-0.4, -0.2) is 13.2 Å². The minimum Gasteiger partial charge on any atom is -0.486 e. The van der Waals surface area contributed by atoms with Crippen molar-refractivity contribution in [3.63, 3.8) is 0 Å². The maximum Gasteiger partial charge on any atom is 0.166 e. The Hall–Kier alpha value is -0.930. The third-order valence-electron chi connectivity index (χ3n) is 3.05. The van der Waals surface area contributed by atoms with Gasteiger partial charge < -0.3 is 15.2 Å². The van der Waals surface area contributed by atoms with Gasteiger partial charge in [-0.2, -0.15) is 0 Å². The Kier molecular flexibility index (Phi) is 5.76. The summed E-state index contributed by atoms with van der Waals surface area (Å²) in [6.07, 6.45) is 2.11. The van der Waals surface area contributed by atoms with Gasteiger partial charge in [-0.15, -0.1) is 12.4 Å². The van der Waals surface area contributed by atoms with Gasteiger partial charge in [0.05, 0.1) is 0 Å². The molecule has 102 valence electrons. The number of para-hydroxylation sites is 1. The van der Waals surface area contributed by atoms with E-state index in [1.165, 1.54) is 0 Å². The zero-order valence-electron chi connectivity index (χ0n) is 11.0. The van der Waals surface area contributed by atoms with Gasteiger partial charge >= 0.3 is 0 Å². The number of benzene rings is 1. The Morgan fingerprint density at radius 1 is 1.17 bits per heavy atom. The maximum atomic E-state index is 6.23. The van der Waals surface area contributed by atoms with Crippen LogP contribution in [0.25, 0.3) is 0 Å². The van der Waals surface area contributed by atoms with Crippen LogP contribution >= 0.6 is 12.4 Å². The van der Waals surface area contributed by atoms with Crippen molar-refractivity contribution in [2.24, 2.45) is 11.7 Å². The molecule has 2 N–H and O–H groups in total. The summed E-state index contributed by atoms with van der Waals surface area (Å²) in [5, 5.41) is 0. The predicted octanol–water partition coefficient (Wildman–Crippen LogP) is 3.32. The van der Waals surface area contributed by atoms with E-state index in [1.54, 1.807) is 0 Å². The lowest BCUT2D eigenvalue weighted by Gasteiger charge is -2.23. The normalized spacial score (nSPS) is 15.1. The second kappa shape index (κ2) is 6.86. The number of rotatable bonds is 4. The van der Waals surface area contributed by atoms with Gasteiger partial charge in [0.2, 0.25) is 0 Å². The molecule has 0 bridgehead atoms. The van der Waals surface area contributed by atoms with E-state index in [1.807, 2.05) is 18.2 Å². The minimum absolute atomic E-state index is 0. The van der Waals surface area contributed by atoms with E-state index < -0.39 is 0 Å². The molecular weight excluding hydrogens is 250 g/mol. The van der Waals surface area contributed by atoms with Gasteiger partial charge in [-0.25, -0.2) is 0 Å². The van der Waals surface area contributed by atoms with Crippen LogP contribution in [-0.2, 0) is 0 Å². The van der Waals surface area contributed by atoms with Crippen LogP contribution in [0.4, 0.5) is 0 Å². The summed E-state index contributed by atoms with van der Waals surface area (Å²) in [6.45, 7) is 5.66. The summed E-state index contributed by atoms with van der Waals surface area (Å²) in [6, 6.07) is 6.00. The van der Waals surface area contributed by atoms with Gasteiger partial charge in [0.15, 0.2) is 11.5 Å². The molecule has 2 rings (SSSR count). The Morgan fingerprint density at radius 2 is 1.89 bits per heavy atom. The molecule has 1 aliphatic heterocycles. The highest BCUT2D eigenvalue weighted by molar-refractivity contribution is 5.85. The van der Waals surface area contributed by atoms with Crippen LogP contribution in [0.3, 0.4) is 0 Å². The summed E-state index contributed by atoms with van der Waals surface area (Å²) in [5.41, 5.74) is 7.30.